The summed E-state index contributed by atoms with van der Waals surface area (Å²) in [4.78, 5) is 16.9. The molecule has 1 fully saturated rings. The molecule has 0 spiro atoms. The zero-order valence-corrected chi connectivity index (χ0v) is 11.9. The van der Waals surface area contributed by atoms with E-state index >= 15 is 0 Å². The number of hydrogen-bond acceptors (Lipinski definition) is 6. The van der Waals surface area contributed by atoms with Crippen LogP contribution in [0.5, 0.6) is 0 Å². The lowest BCUT2D eigenvalue weighted by Crippen LogP contribution is -2.40. The maximum Gasteiger partial charge on any atom is 0.323 e. The smallest absolute Gasteiger partial charge is 0.323 e. The van der Waals surface area contributed by atoms with Crippen molar-refractivity contribution in [3.05, 3.63) is 24.6 Å². The number of fused-ring (bicyclic) bond motifs is 1. The van der Waals surface area contributed by atoms with Crippen molar-refractivity contribution in [2.24, 2.45) is 0 Å². The second-order valence-corrected chi connectivity index (χ2v) is 7.27. The van der Waals surface area contributed by atoms with Crippen LogP contribution < -0.4 is 4.90 Å². The fraction of sp³-hybridized carbons (Fsp3) is 0.385. The Morgan fingerprint density at radius 3 is 2.95 bits per heavy atom. The number of sulfone groups is 1. The molecule has 1 atom stereocenters. The number of rotatable bonds is 4. The number of nitrogens with zero attached hydrogens (tertiary/aromatic N) is 2. The Bertz CT molecular complexity index is 783. The molecule has 3 heterocycles. The van der Waals surface area contributed by atoms with Gasteiger partial charge in [0.05, 0.1) is 23.2 Å². The number of pyridine rings is 1. The molecule has 0 bridgehead atoms. The lowest BCUT2D eigenvalue weighted by atomic mass is 10.2. The van der Waals surface area contributed by atoms with Crippen LogP contribution in [0.25, 0.3) is 11.0 Å². The van der Waals surface area contributed by atoms with E-state index < -0.39 is 15.8 Å². The minimum absolute atomic E-state index is 0.0454. The van der Waals surface area contributed by atoms with Crippen LogP contribution in [0.1, 0.15) is 6.42 Å². The summed E-state index contributed by atoms with van der Waals surface area (Å²) < 4.78 is 28.6. The van der Waals surface area contributed by atoms with E-state index in [1.165, 1.54) is 12.5 Å². The lowest BCUT2D eigenvalue weighted by Gasteiger charge is -2.27. The topological polar surface area (TPSA) is 101 Å². The third kappa shape index (κ3) is 2.71. The highest BCUT2D eigenvalue weighted by atomic mass is 32.2. The highest BCUT2D eigenvalue weighted by Gasteiger charge is 2.34. The average Bonchev–Trinajstić information content (AvgIpc) is 3.01. The number of carbonyl (C=O) groups is 1. The molecular formula is C13H14N2O5S. The summed E-state index contributed by atoms with van der Waals surface area (Å²) in [6.07, 6.45) is 3.44. The number of carboxylic acids is 1. The lowest BCUT2D eigenvalue weighted by molar-refractivity contribution is -0.135. The van der Waals surface area contributed by atoms with Crippen LogP contribution in [0, 0.1) is 0 Å². The van der Waals surface area contributed by atoms with Crippen LogP contribution in [0.15, 0.2) is 29.0 Å². The van der Waals surface area contributed by atoms with Crippen molar-refractivity contribution in [1.29, 1.82) is 0 Å². The van der Waals surface area contributed by atoms with Gasteiger partial charge in [0, 0.05) is 12.2 Å². The third-order valence-electron chi connectivity index (χ3n) is 3.59. The van der Waals surface area contributed by atoms with Gasteiger partial charge < -0.3 is 14.4 Å². The fourth-order valence-corrected chi connectivity index (χ4v) is 4.38. The predicted molar refractivity (Wildman–Crippen MR) is 76.0 cm³/mol. The van der Waals surface area contributed by atoms with Crippen LogP contribution in [0.3, 0.4) is 0 Å². The molecule has 1 N–H and O–H groups in total. The molecule has 7 nitrogen and oxygen atoms in total. The summed E-state index contributed by atoms with van der Waals surface area (Å²) in [5.74, 6) is -0.543. The van der Waals surface area contributed by atoms with Gasteiger partial charge in [0.15, 0.2) is 9.84 Å². The van der Waals surface area contributed by atoms with E-state index in [0.717, 1.165) is 0 Å². The van der Waals surface area contributed by atoms with Crippen molar-refractivity contribution in [2.45, 2.75) is 12.5 Å². The van der Waals surface area contributed by atoms with E-state index in [1.54, 1.807) is 17.0 Å². The molecule has 0 aliphatic carbocycles. The molecule has 0 amide bonds. The minimum Gasteiger partial charge on any atom is -0.480 e. The van der Waals surface area contributed by atoms with Gasteiger partial charge in [-0.2, -0.15) is 0 Å². The SMILES string of the molecule is O=C(O)CN(c1nccc2occc12)C1CCS(=O)(=O)C1. The average molecular weight is 310 g/mol. The Hall–Kier alpha value is -2.09. The summed E-state index contributed by atoms with van der Waals surface area (Å²) in [6, 6.07) is 3.01. The monoisotopic (exact) mass is 310 g/mol. The van der Waals surface area contributed by atoms with Gasteiger partial charge in [-0.1, -0.05) is 0 Å². The van der Waals surface area contributed by atoms with E-state index in [9.17, 15) is 13.2 Å². The van der Waals surface area contributed by atoms with Gasteiger partial charge in [-0.15, -0.1) is 0 Å². The summed E-state index contributed by atoms with van der Waals surface area (Å²) in [6.45, 7) is -0.294. The number of aliphatic carboxylic acids is 1. The normalized spacial score (nSPS) is 20.7. The largest absolute Gasteiger partial charge is 0.480 e. The first kappa shape index (κ1) is 13.9. The zero-order valence-electron chi connectivity index (χ0n) is 11.1. The van der Waals surface area contributed by atoms with Crippen LogP contribution in [-0.2, 0) is 14.6 Å². The number of carboxylic acid groups (broad SMARTS) is 1. The van der Waals surface area contributed by atoms with E-state index in [1.807, 2.05) is 0 Å². The van der Waals surface area contributed by atoms with Crippen LogP contribution >= 0.6 is 0 Å². The van der Waals surface area contributed by atoms with E-state index in [0.29, 0.717) is 23.2 Å². The van der Waals surface area contributed by atoms with Crippen molar-refractivity contribution in [2.75, 3.05) is 23.0 Å². The van der Waals surface area contributed by atoms with Crippen molar-refractivity contribution in [1.82, 2.24) is 4.98 Å². The summed E-state index contributed by atoms with van der Waals surface area (Å²) in [7, 11) is -3.11. The zero-order chi connectivity index (χ0) is 15.0. The molecule has 1 unspecified atom stereocenters. The van der Waals surface area contributed by atoms with Gasteiger partial charge >= 0.3 is 5.97 Å². The predicted octanol–water partition coefficient (Wildman–Crippen LogP) is 0.906. The van der Waals surface area contributed by atoms with Crippen molar-refractivity contribution in [3.8, 4) is 0 Å². The molecule has 1 aliphatic rings. The summed E-state index contributed by atoms with van der Waals surface area (Å²) >= 11 is 0. The minimum atomic E-state index is -3.11. The Morgan fingerprint density at radius 2 is 2.29 bits per heavy atom. The second kappa shape index (κ2) is 5.03. The van der Waals surface area contributed by atoms with E-state index in [4.69, 9.17) is 9.52 Å². The van der Waals surface area contributed by atoms with E-state index in [2.05, 4.69) is 4.98 Å². The molecule has 1 aliphatic heterocycles. The molecule has 3 rings (SSSR count). The first-order valence-corrected chi connectivity index (χ1v) is 8.29. The van der Waals surface area contributed by atoms with Crippen molar-refractivity contribution in [3.63, 3.8) is 0 Å². The third-order valence-corrected chi connectivity index (χ3v) is 5.34. The van der Waals surface area contributed by atoms with Crippen molar-refractivity contribution < 1.29 is 22.7 Å². The number of hydrogen-bond donors (Lipinski definition) is 1. The molecule has 21 heavy (non-hydrogen) atoms. The first-order chi connectivity index (χ1) is 9.96. The number of aromatic nitrogens is 1. The van der Waals surface area contributed by atoms with Gasteiger partial charge in [-0.05, 0) is 18.6 Å². The quantitative estimate of drug-likeness (QED) is 0.895. The summed E-state index contributed by atoms with van der Waals surface area (Å²) in [5.41, 5.74) is 0.594. The van der Waals surface area contributed by atoms with Crippen LogP contribution in [0.4, 0.5) is 5.82 Å². The molecule has 112 valence electrons. The molecule has 2 aromatic heterocycles. The standard InChI is InChI=1S/C13H14N2O5S/c16-12(17)7-15(9-3-6-21(18,19)8-9)13-10-2-5-20-11(10)1-4-14-13/h1-2,4-5,9H,3,6-8H2,(H,16,17). The first-order valence-electron chi connectivity index (χ1n) is 6.47. The van der Waals surface area contributed by atoms with Crippen LogP contribution in [0.2, 0.25) is 0 Å². The molecule has 8 heteroatoms. The Labute approximate surface area is 121 Å². The molecule has 0 radical (unpaired) electrons. The molecule has 0 aromatic carbocycles. The molecule has 1 saturated heterocycles. The van der Waals surface area contributed by atoms with Gasteiger partial charge in [0.2, 0.25) is 0 Å². The number of furan rings is 1. The molecule has 0 saturated carbocycles. The van der Waals surface area contributed by atoms with E-state index in [-0.39, 0.29) is 24.1 Å². The maximum absolute atomic E-state index is 11.7. The highest BCUT2D eigenvalue weighted by Crippen LogP contribution is 2.29. The maximum atomic E-state index is 11.7. The van der Waals surface area contributed by atoms with Gasteiger partial charge in [-0.25, -0.2) is 13.4 Å². The highest BCUT2D eigenvalue weighted by molar-refractivity contribution is 7.91. The Balaban J connectivity index is 2.03. The van der Waals surface area contributed by atoms with Crippen LogP contribution in [-0.4, -0.2) is 48.6 Å². The fourth-order valence-electron chi connectivity index (χ4n) is 2.65. The van der Waals surface area contributed by atoms with Gasteiger partial charge in [-0.3, -0.25) is 4.79 Å². The van der Waals surface area contributed by atoms with Gasteiger partial charge in [0.1, 0.15) is 17.9 Å². The Morgan fingerprint density at radius 1 is 1.48 bits per heavy atom. The Kier molecular flexibility index (Phi) is 3.32. The number of anilines is 1. The molecule has 2 aromatic rings. The van der Waals surface area contributed by atoms with Gasteiger partial charge in [0.25, 0.3) is 0 Å². The summed E-state index contributed by atoms with van der Waals surface area (Å²) in [5, 5.41) is 9.80. The van der Waals surface area contributed by atoms with Crippen molar-refractivity contribution >= 4 is 32.6 Å². The second-order valence-electron chi connectivity index (χ2n) is 5.05. The molecular weight excluding hydrogens is 296 g/mol.